The molecule has 2 N–H and O–H groups in total. The van der Waals surface area contributed by atoms with Gasteiger partial charge in [0.1, 0.15) is 11.5 Å². The lowest BCUT2D eigenvalue weighted by atomic mass is 9.80. The average Bonchev–Trinajstić information content (AvgIpc) is 2.40. The normalized spacial score (nSPS) is 18.8. The molecule has 0 bridgehead atoms. The van der Waals surface area contributed by atoms with E-state index in [0.717, 1.165) is 37.5 Å². The first-order chi connectivity index (χ1) is 9.43. The number of piperazine rings is 1. The molecule has 1 fully saturated rings. The van der Waals surface area contributed by atoms with Crippen LogP contribution in [0.5, 0.6) is 11.5 Å². The molecule has 1 heterocycles. The van der Waals surface area contributed by atoms with Gasteiger partial charge in [-0.25, -0.2) is 0 Å². The van der Waals surface area contributed by atoms with E-state index in [-0.39, 0.29) is 17.2 Å². The van der Waals surface area contributed by atoms with Crippen LogP contribution in [0.1, 0.15) is 32.4 Å². The van der Waals surface area contributed by atoms with Crippen LogP contribution in [0, 0.1) is 5.41 Å². The maximum absolute atomic E-state index is 9.66. The Kier molecular flexibility index (Phi) is 4.55. The molecule has 112 valence electrons. The van der Waals surface area contributed by atoms with E-state index in [9.17, 15) is 5.11 Å². The van der Waals surface area contributed by atoms with Gasteiger partial charge >= 0.3 is 0 Å². The number of phenols is 1. The Morgan fingerprint density at radius 1 is 1.25 bits per heavy atom. The number of benzene rings is 1. The Morgan fingerprint density at radius 3 is 2.45 bits per heavy atom. The van der Waals surface area contributed by atoms with Gasteiger partial charge in [-0.15, -0.1) is 0 Å². The van der Waals surface area contributed by atoms with E-state index in [1.54, 1.807) is 19.2 Å². The molecule has 2 rings (SSSR count). The van der Waals surface area contributed by atoms with Gasteiger partial charge in [-0.1, -0.05) is 26.8 Å². The summed E-state index contributed by atoms with van der Waals surface area (Å²) in [6.07, 6.45) is 0. The summed E-state index contributed by atoms with van der Waals surface area (Å²) in [5.41, 5.74) is 1.25. The number of ether oxygens (including phenoxy) is 1. The summed E-state index contributed by atoms with van der Waals surface area (Å²) in [4.78, 5) is 2.51. The van der Waals surface area contributed by atoms with Crippen LogP contribution in [-0.4, -0.2) is 43.3 Å². The minimum absolute atomic E-state index is 0.0988. The summed E-state index contributed by atoms with van der Waals surface area (Å²) in [5, 5.41) is 13.1. The molecule has 1 atom stereocenters. The molecule has 1 saturated heterocycles. The Balaban J connectivity index is 2.40. The number of hydrogen-bond donors (Lipinski definition) is 2. The molecule has 0 radical (unpaired) electrons. The van der Waals surface area contributed by atoms with Crippen molar-refractivity contribution >= 4 is 0 Å². The largest absolute Gasteiger partial charge is 0.508 e. The first kappa shape index (κ1) is 15.1. The molecule has 1 aliphatic heterocycles. The Bertz CT molecular complexity index is 448. The quantitative estimate of drug-likeness (QED) is 0.891. The molecule has 0 aromatic heterocycles. The van der Waals surface area contributed by atoms with Crippen LogP contribution < -0.4 is 10.1 Å². The molecule has 0 aliphatic carbocycles. The number of nitrogens with one attached hydrogen (secondary N) is 1. The number of phenolic OH excluding ortho intramolecular Hbond substituents is 1. The number of aromatic hydroxyl groups is 1. The van der Waals surface area contributed by atoms with E-state index in [1.165, 1.54) is 0 Å². The zero-order valence-electron chi connectivity index (χ0n) is 12.9. The minimum Gasteiger partial charge on any atom is -0.508 e. The van der Waals surface area contributed by atoms with Crippen LogP contribution in [0.15, 0.2) is 18.2 Å². The fraction of sp³-hybridized carbons (Fsp3) is 0.625. The van der Waals surface area contributed by atoms with Crippen molar-refractivity contribution in [2.45, 2.75) is 26.8 Å². The first-order valence-corrected chi connectivity index (χ1v) is 7.25. The lowest BCUT2D eigenvalue weighted by molar-refractivity contribution is 0.0841. The van der Waals surface area contributed by atoms with Gasteiger partial charge < -0.3 is 15.2 Å². The second kappa shape index (κ2) is 6.02. The third-order valence-electron chi connectivity index (χ3n) is 3.85. The molecular formula is C16H26N2O2. The molecule has 4 heteroatoms. The molecule has 0 saturated carbocycles. The third kappa shape index (κ3) is 3.25. The van der Waals surface area contributed by atoms with Gasteiger partial charge in [-0.05, 0) is 11.5 Å². The van der Waals surface area contributed by atoms with Crippen molar-refractivity contribution in [2.75, 3.05) is 33.3 Å². The Hall–Kier alpha value is -1.26. The molecule has 0 amide bonds. The molecular weight excluding hydrogens is 252 g/mol. The predicted molar refractivity (Wildman–Crippen MR) is 81.3 cm³/mol. The molecule has 0 spiro atoms. The van der Waals surface area contributed by atoms with Crippen LogP contribution in [0.3, 0.4) is 0 Å². The van der Waals surface area contributed by atoms with Gasteiger partial charge in [0, 0.05) is 43.9 Å². The third-order valence-corrected chi connectivity index (χ3v) is 3.85. The van der Waals surface area contributed by atoms with Crippen molar-refractivity contribution in [3.05, 3.63) is 23.8 Å². The monoisotopic (exact) mass is 278 g/mol. The highest BCUT2D eigenvalue weighted by molar-refractivity contribution is 5.42. The van der Waals surface area contributed by atoms with E-state index in [2.05, 4.69) is 31.0 Å². The van der Waals surface area contributed by atoms with Crippen molar-refractivity contribution in [3.8, 4) is 11.5 Å². The van der Waals surface area contributed by atoms with Crippen molar-refractivity contribution in [1.82, 2.24) is 10.2 Å². The Morgan fingerprint density at radius 2 is 1.90 bits per heavy atom. The minimum atomic E-state index is 0.0988. The van der Waals surface area contributed by atoms with Gasteiger partial charge in [0.15, 0.2) is 0 Å². The van der Waals surface area contributed by atoms with Crippen molar-refractivity contribution in [1.29, 1.82) is 0 Å². The molecule has 4 nitrogen and oxygen atoms in total. The van der Waals surface area contributed by atoms with E-state index in [4.69, 9.17) is 4.74 Å². The van der Waals surface area contributed by atoms with Gasteiger partial charge in [-0.3, -0.25) is 4.90 Å². The van der Waals surface area contributed by atoms with E-state index < -0.39 is 0 Å². The highest BCUT2D eigenvalue weighted by Crippen LogP contribution is 2.42. The van der Waals surface area contributed by atoms with E-state index in [0.29, 0.717) is 0 Å². The van der Waals surface area contributed by atoms with Gasteiger partial charge in [0.25, 0.3) is 0 Å². The van der Waals surface area contributed by atoms with Crippen LogP contribution in [0.4, 0.5) is 0 Å². The lowest BCUT2D eigenvalue weighted by Crippen LogP contribution is -2.48. The highest BCUT2D eigenvalue weighted by Gasteiger charge is 2.34. The molecule has 1 aliphatic rings. The average molecular weight is 278 g/mol. The molecule has 1 aromatic rings. The van der Waals surface area contributed by atoms with Gasteiger partial charge in [0.05, 0.1) is 7.11 Å². The standard InChI is InChI=1S/C16H26N2O2/c1-16(2,3)15(18-9-7-17-8-10-18)13-6-5-12(19)11-14(13)20-4/h5-6,11,15,17,19H,7-10H2,1-4H3/t15-/m1/s1. The molecule has 1 aromatic carbocycles. The number of methoxy groups -OCH3 is 1. The van der Waals surface area contributed by atoms with Crippen LogP contribution in [0.25, 0.3) is 0 Å². The smallest absolute Gasteiger partial charge is 0.127 e. The summed E-state index contributed by atoms with van der Waals surface area (Å²) in [5.74, 6) is 1.02. The number of rotatable bonds is 3. The van der Waals surface area contributed by atoms with E-state index >= 15 is 0 Å². The van der Waals surface area contributed by atoms with E-state index in [1.807, 2.05) is 6.07 Å². The first-order valence-electron chi connectivity index (χ1n) is 7.25. The molecule has 0 unspecified atom stereocenters. The van der Waals surface area contributed by atoms with Crippen molar-refractivity contribution < 1.29 is 9.84 Å². The summed E-state index contributed by atoms with van der Waals surface area (Å²) in [6.45, 7) is 10.9. The summed E-state index contributed by atoms with van der Waals surface area (Å²) >= 11 is 0. The van der Waals surface area contributed by atoms with Gasteiger partial charge in [0.2, 0.25) is 0 Å². The second-order valence-corrected chi connectivity index (χ2v) is 6.48. The topological polar surface area (TPSA) is 44.7 Å². The fourth-order valence-electron chi connectivity index (χ4n) is 3.08. The lowest BCUT2D eigenvalue weighted by Gasteiger charge is -2.43. The zero-order valence-corrected chi connectivity index (χ0v) is 12.9. The van der Waals surface area contributed by atoms with Gasteiger partial charge in [-0.2, -0.15) is 0 Å². The number of nitrogens with zero attached hydrogens (tertiary/aromatic N) is 1. The summed E-state index contributed by atoms with van der Waals surface area (Å²) < 4.78 is 5.49. The van der Waals surface area contributed by atoms with Crippen molar-refractivity contribution in [2.24, 2.45) is 5.41 Å². The maximum Gasteiger partial charge on any atom is 0.127 e. The summed E-state index contributed by atoms with van der Waals surface area (Å²) in [7, 11) is 1.66. The summed E-state index contributed by atoms with van der Waals surface area (Å²) in [6, 6.07) is 5.72. The fourth-order valence-corrected chi connectivity index (χ4v) is 3.08. The second-order valence-electron chi connectivity index (χ2n) is 6.48. The molecule has 20 heavy (non-hydrogen) atoms. The number of hydrogen-bond acceptors (Lipinski definition) is 4. The van der Waals surface area contributed by atoms with Crippen LogP contribution >= 0.6 is 0 Å². The van der Waals surface area contributed by atoms with Crippen molar-refractivity contribution in [3.63, 3.8) is 0 Å². The van der Waals surface area contributed by atoms with Crippen LogP contribution in [0.2, 0.25) is 0 Å². The maximum atomic E-state index is 9.66. The van der Waals surface area contributed by atoms with Crippen LogP contribution in [-0.2, 0) is 0 Å². The SMILES string of the molecule is COc1cc(O)ccc1[C@@H](N1CCNCC1)C(C)(C)C. The zero-order chi connectivity index (χ0) is 14.8. The Labute approximate surface area is 121 Å². The predicted octanol–water partition coefficient (Wildman–Crippen LogP) is 2.39. The highest BCUT2D eigenvalue weighted by atomic mass is 16.5.